The molecule has 0 saturated carbocycles. The summed E-state index contributed by atoms with van der Waals surface area (Å²) in [6, 6.07) is 17.6. The van der Waals surface area contributed by atoms with Gasteiger partial charge in [0.15, 0.2) is 11.6 Å². The fourth-order valence-electron chi connectivity index (χ4n) is 5.13. The Bertz CT molecular complexity index is 1200. The highest BCUT2D eigenvalue weighted by Crippen LogP contribution is 2.40. The van der Waals surface area contributed by atoms with Gasteiger partial charge >= 0.3 is 0 Å². The molecule has 0 saturated heterocycles. The lowest BCUT2D eigenvalue weighted by Crippen LogP contribution is -2.27. The van der Waals surface area contributed by atoms with Crippen LogP contribution in [0.4, 0.5) is 10.1 Å². The minimum absolute atomic E-state index is 0.284. The Balaban J connectivity index is 1.53. The van der Waals surface area contributed by atoms with Crippen molar-refractivity contribution in [1.82, 2.24) is 5.32 Å². The number of aromatic hydroxyl groups is 1. The molecule has 2 N–H and O–H groups in total. The lowest BCUT2D eigenvalue weighted by atomic mass is 9.79. The van der Waals surface area contributed by atoms with Crippen molar-refractivity contribution in [1.29, 1.82) is 0 Å². The van der Waals surface area contributed by atoms with Crippen LogP contribution in [0.3, 0.4) is 0 Å². The van der Waals surface area contributed by atoms with E-state index in [1.54, 1.807) is 25.3 Å². The molecule has 0 bridgehead atoms. The number of phenols is 1. The molecule has 1 atom stereocenters. The molecular weight excluding hydrogens is 467 g/mol. The first-order valence-corrected chi connectivity index (χ1v) is 13.3. The molecule has 1 unspecified atom stereocenters. The fourth-order valence-corrected chi connectivity index (χ4v) is 5.13. The summed E-state index contributed by atoms with van der Waals surface area (Å²) < 4.78 is 26.1. The molecule has 0 spiro atoms. The van der Waals surface area contributed by atoms with E-state index in [1.807, 2.05) is 24.3 Å². The second-order valence-corrected chi connectivity index (χ2v) is 10.1. The van der Waals surface area contributed by atoms with Gasteiger partial charge in [0.05, 0.1) is 7.11 Å². The predicted octanol–water partition coefficient (Wildman–Crippen LogP) is 6.22. The van der Waals surface area contributed by atoms with Crippen molar-refractivity contribution in [2.24, 2.45) is 0 Å². The molecule has 198 valence electrons. The Morgan fingerprint density at radius 1 is 1.08 bits per heavy atom. The van der Waals surface area contributed by atoms with Crippen LogP contribution in [0.15, 0.2) is 54.6 Å². The number of halogens is 1. The van der Waals surface area contributed by atoms with Gasteiger partial charge in [-0.1, -0.05) is 32.0 Å². The molecule has 4 rings (SSSR count). The maximum absolute atomic E-state index is 14.8. The second kappa shape index (κ2) is 12.3. The van der Waals surface area contributed by atoms with Crippen molar-refractivity contribution in [3.8, 4) is 17.2 Å². The third kappa shape index (κ3) is 6.75. The third-order valence-corrected chi connectivity index (χ3v) is 7.10. The number of methoxy groups -OCH3 is 1. The van der Waals surface area contributed by atoms with E-state index in [4.69, 9.17) is 9.47 Å². The van der Waals surface area contributed by atoms with E-state index < -0.39 is 0 Å². The van der Waals surface area contributed by atoms with Gasteiger partial charge in [-0.05, 0) is 84.7 Å². The van der Waals surface area contributed by atoms with Crippen molar-refractivity contribution in [2.75, 3.05) is 31.7 Å². The van der Waals surface area contributed by atoms with Gasteiger partial charge in [-0.25, -0.2) is 4.39 Å². The van der Waals surface area contributed by atoms with Gasteiger partial charge in [0, 0.05) is 37.4 Å². The molecule has 6 heteroatoms. The van der Waals surface area contributed by atoms with Gasteiger partial charge in [0.2, 0.25) is 0 Å². The van der Waals surface area contributed by atoms with Crippen LogP contribution in [0.5, 0.6) is 17.2 Å². The highest BCUT2D eigenvalue weighted by molar-refractivity contribution is 5.60. The third-order valence-electron chi connectivity index (χ3n) is 7.10. The predicted molar refractivity (Wildman–Crippen MR) is 148 cm³/mol. The van der Waals surface area contributed by atoms with E-state index in [1.165, 1.54) is 16.7 Å². The lowest BCUT2D eigenvalue weighted by Gasteiger charge is -2.32. The van der Waals surface area contributed by atoms with Gasteiger partial charge in [-0.3, -0.25) is 0 Å². The quantitative estimate of drug-likeness (QED) is 0.303. The molecule has 5 nitrogen and oxygen atoms in total. The van der Waals surface area contributed by atoms with E-state index in [2.05, 4.69) is 43.1 Å². The fraction of sp³-hybridized carbons (Fsp3) is 0.419. The van der Waals surface area contributed by atoms with Crippen LogP contribution in [-0.4, -0.2) is 38.0 Å². The van der Waals surface area contributed by atoms with Crippen LogP contribution < -0.4 is 19.7 Å². The van der Waals surface area contributed by atoms with E-state index in [9.17, 15) is 9.50 Å². The monoisotopic (exact) mass is 506 g/mol. The largest absolute Gasteiger partial charge is 0.508 e. The van der Waals surface area contributed by atoms with E-state index in [0.29, 0.717) is 37.4 Å². The molecule has 0 fully saturated rings. The Morgan fingerprint density at radius 2 is 1.92 bits per heavy atom. The average Bonchev–Trinajstić information content (AvgIpc) is 2.90. The average molecular weight is 507 g/mol. The highest BCUT2D eigenvalue weighted by Gasteiger charge is 2.25. The summed E-state index contributed by atoms with van der Waals surface area (Å²) >= 11 is 0. The SMILES string of the molecule is CCN(Cc1ccc(OCCNC(C)C)c(F)c1)c1cc(OC)ccc1C1CCc2cc(O)ccc2C1. The number of anilines is 1. The van der Waals surface area contributed by atoms with Crippen LogP contribution in [0, 0.1) is 5.82 Å². The molecule has 1 aliphatic carbocycles. The van der Waals surface area contributed by atoms with Gasteiger partial charge in [-0.15, -0.1) is 0 Å². The maximum atomic E-state index is 14.8. The van der Waals surface area contributed by atoms with E-state index >= 15 is 0 Å². The smallest absolute Gasteiger partial charge is 0.165 e. The summed E-state index contributed by atoms with van der Waals surface area (Å²) in [6.45, 7) is 8.72. The topological polar surface area (TPSA) is 54.0 Å². The molecule has 3 aromatic carbocycles. The zero-order valence-corrected chi connectivity index (χ0v) is 22.4. The van der Waals surface area contributed by atoms with Crippen molar-refractivity contribution >= 4 is 5.69 Å². The number of benzene rings is 3. The Hall–Kier alpha value is -3.25. The number of hydrogen-bond donors (Lipinski definition) is 2. The number of nitrogens with zero attached hydrogens (tertiary/aromatic N) is 1. The van der Waals surface area contributed by atoms with E-state index in [0.717, 1.165) is 42.8 Å². The Kier molecular flexibility index (Phi) is 8.93. The van der Waals surface area contributed by atoms with Gasteiger partial charge in [0.1, 0.15) is 18.1 Å². The number of rotatable bonds is 11. The first-order valence-electron chi connectivity index (χ1n) is 13.3. The molecule has 0 amide bonds. The molecule has 0 heterocycles. The summed E-state index contributed by atoms with van der Waals surface area (Å²) in [7, 11) is 1.68. The van der Waals surface area contributed by atoms with E-state index in [-0.39, 0.29) is 11.6 Å². The standard InChI is InChI=1S/C31H39FN2O3/c1-5-34(20-22-6-13-31(29(32)16-22)37-15-14-33-21(2)3)30-19-27(36-4)11-12-28(30)25-8-7-24-18-26(35)10-9-23(24)17-25/h6,9-13,16,18-19,21,25,33,35H,5,7-8,14-15,17,20H2,1-4H3. The van der Waals surface area contributed by atoms with Crippen LogP contribution in [-0.2, 0) is 19.4 Å². The second-order valence-electron chi connectivity index (χ2n) is 10.1. The molecule has 0 aliphatic heterocycles. The Labute approximate surface area is 220 Å². The highest BCUT2D eigenvalue weighted by atomic mass is 19.1. The van der Waals surface area contributed by atoms with Crippen LogP contribution in [0.25, 0.3) is 0 Å². The summed E-state index contributed by atoms with van der Waals surface area (Å²) in [5.74, 6) is 1.44. The zero-order chi connectivity index (χ0) is 26.4. The molecule has 3 aromatic rings. The number of hydrogen-bond acceptors (Lipinski definition) is 5. The summed E-state index contributed by atoms with van der Waals surface area (Å²) in [4.78, 5) is 2.28. The number of phenolic OH excluding ortho intramolecular Hbond substituents is 1. The first kappa shape index (κ1) is 26.8. The van der Waals surface area contributed by atoms with Crippen LogP contribution >= 0.6 is 0 Å². The van der Waals surface area contributed by atoms with Crippen LogP contribution in [0.1, 0.15) is 55.4 Å². The summed E-state index contributed by atoms with van der Waals surface area (Å²) in [6.07, 6.45) is 2.88. The summed E-state index contributed by atoms with van der Waals surface area (Å²) in [5, 5.41) is 13.1. The number of fused-ring (bicyclic) bond motifs is 1. The van der Waals surface area contributed by atoms with Gasteiger partial charge < -0.3 is 24.8 Å². The lowest BCUT2D eigenvalue weighted by molar-refractivity contribution is 0.294. The minimum Gasteiger partial charge on any atom is -0.508 e. The van der Waals surface area contributed by atoms with Crippen LogP contribution in [0.2, 0.25) is 0 Å². The zero-order valence-electron chi connectivity index (χ0n) is 22.4. The van der Waals surface area contributed by atoms with Crippen molar-refractivity contribution in [2.45, 2.75) is 58.5 Å². The maximum Gasteiger partial charge on any atom is 0.165 e. The molecule has 1 aliphatic rings. The van der Waals surface area contributed by atoms with Gasteiger partial charge in [-0.2, -0.15) is 0 Å². The number of ether oxygens (including phenoxy) is 2. The minimum atomic E-state index is -0.337. The van der Waals surface area contributed by atoms with Crippen molar-refractivity contribution in [3.63, 3.8) is 0 Å². The number of nitrogens with one attached hydrogen (secondary N) is 1. The van der Waals surface area contributed by atoms with Gasteiger partial charge in [0.25, 0.3) is 0 Å². The normalized spacial score (nSPS) is 14.9. The van der Waals surface area contributed by atoms with Crippen molar-refractivity contribution < 1.29 is 19.0 Å². The first-order chi connectivity index (χ1) is 17.9. The number of aryl methyl sites for hydroxylation is 1. The summed E-state index contributed by atoms with van der Waals surface area (Å²) in [5.41, 5.74) is 5.82. The Morgan fingerprint density at radius 3 is 2.65 bits per heavy atom. The molecule has 37 heavy (non-hydrogen) atoms. The molecular formula is C31H39FN2O3. The van der Waals surface area contributed by atoms with Crippen molar-refractivity contribution in [3.05, 3.63) is 82.7 Å². The molecule has 0 aromatic heterocycles. The molecule has 0 radical (unpaired) electrons.